The molecule has 1 aromatic carbocycles. The number of rotatable bonds is 4. The molecule has 150 valence electrons. The molecule has 0 aromatic heterocycles. The Hall–Kier alpha value is -1.83. The lowest BCUT2D eigenvalue weighted by molar-refractivity contribution is -0.384. The summed E-state index contributed by atoms with van der Waals surface area (Å²) in [7, 11) is 0. The third kappa shape index (κ3) is 5.82. The molecule has 0 aliphatic carbocycles. The van der Waals surface area contributed by atoms with Crippen LogP contribution in [0.25, 0.3) is 0 Å². The van der Waals surface area contributed by atoms with Crippen LogP contribution in [0.5, 0.6) is 0 Å². The standard InChI is InChI=1S/C19H28BrN3O4/c1-12(2)14-9-16(17(23(25)26)10-15(14)20)21-13-7-6-8-22(11-13)18(24)27-19(3,4)5/h9-10,12-13,21H,6-8,11H2,1-5H3. The second-order valence-corrected chi connectivity index (χ2v) is 9.07. The second-order valence-electron chi connectivity index (χ2n) is 8.21. The predicted molar refractivity (Wildman–Crippen MR) is 109 cm³/mol. The molecule has 1 heterocycles. The van der Waals surface area contributed by atoms with Crippen LogP contribution in [0.2, 0.25) is 0 Å². The SMILES string of the molecule is CC(C)c1cc(NC2CCCN(C(=O)OC(C)(C)C)C2)c([N+](=O)[O-])cc1Br. The molecule has 1 saturated heterocycles. The normalized spacial score (nSPS) is 17.7. The number of piperidine rings is 1. The molecule has 7 nitrogen and oxygen atoms in total. The third-order valence-electron chi connectivity index (χ3n) is 4.37. The van der Waals surface area contributed by atoms with Gasteiger partial charge in [-0.3, -0.25) is 10.1 Å². The van der Waals surface area contributed by atoms with Crippen LogP contribution in [0.4, 0.5) is 16.2 Å². The van der Waals surface area contributed by atoms with Crippen LogP contribution in [-0.4, -0.2) is 40.6 Å². The summed E-state index contributed by atoms with van der Waals surface area (Å²) in [6.07, 6.45) is 1.31. The largest absolute Gasteiger partial charge is 0.444 e. The molecular formula is C19H28BrN3O4. The number of nitro benzene ring substituents is 1. The average Bonchev–Trinajstić information content (AvgIpc) is 2.54. The Morgan fingerprint density at radius 1 is 1.41 bits per heavy atom. The van der Waals surface area contributed by atoms with Gasteiger partial charge in [0.15, 0.2) is 0 Å². The van der Waals surface area contributed by atoms with Gasteiger partial charge in [-0.1, -0.05) is 29.8 Å². The Morgan fingerprint density at radius 3 is 2.63 bits per heavy atom. The van der Waals surface area contributed by atoms with E-state index in [-0.39, 0.29) is 28.7 Å². The number of carbonyl (C=O) groups is 1. The lowest BCUT2D eigenvalue weighted by atomic mass is 10.0. The van der Waals surface area contributed by atoms with Crippen LogP contribution in [-0.2, 0) is 4.74 Å². The van der Waals surface area contributed by atoms with Gasteiger partial charge in [0.1, 0.15) is 11.3 Å². The number of likely N-dealkylation sites (tertiary alicyclic amines) is 1. The van der Waals surface area contributed by atoms with Gasteiger partial charge in [-0.05, 0) is 51.2 Å². The summed E-state index contributed by atoms with van der Waals surface area (Å²) < 4.78 is 6.18. The van der Waals surface area contributed by atoms with Crippen molar-refractivity contribution in [3.63, 3.8) is 0 Å². The molecule has 0 radical (unpaired) electrons. The molecule has 1 aromatic rings. The van der Waals surface area contributed by atoms with Crippen molar-refractivity contribution in [3.05, 3.63) is 32.3 Å². The third-order valence-corrected chi connectivity index (χ3v) is 5.05. The molecule has 0 spiro atoms. The van der Waals surface area contributed by atoms with Crippen molar-refractivity contribution in [2.75, 3.05) is 18.4 Å². The van der Waals surface area contributed by atoms with Gasteiger partial charge < -0.3 is 15.0 Å². The van der Waals surface area contributed by atoms with E-state index in [1.807, 2.05) is 40.7 Å². The molecule has 1 aliphatic rings. The number of hydrogen-bond acceptors (Lipinski definition) is 5. The van der Waals surface area contributed by atoms with E-state index in [9.17, 15) is 14.9 Å². The molecule has 2 rings (SSSR count). The summed E-state index contributed by atoms with van der Waals surface area (Å²) in [5, 5.41) is 14.8. The highest BCUT2D eigenvalue weighted by atomic mass is 79.9. The van der Waals surface area contributed by atoms with Gasteiger partial charge in [-0.2, -0.15) is 0 Å². The number of ether oxygens (including phenoxy) is 1. The van der Waals surface area contributed by atoms with E-state index in [1.165, 1.54) is 0 Å². The van der Waals surface area contributed by atoms with Crippen molar-refractivity contribution in [2.45, 2.75) is 65.0 Å². The van der Waals surface area contributed by atoms with Crippen LogP contribution in [0.15, 0.2) is 16.6 Å². The summed E-state index contributed by atoms with van der Waals surface area (Å²) in [4.78, 5) is 25.1. The lowest BCUT2D eigenvalue weighted by Crippen LogP contribution is -2.47. The number of amides is 1. The second kappa shape index (κ2) is 8.46. The van der Waals surface area contributed by atoms with Gasteiger partial charge in [0, 0.05) is 29.7 Å². The summed E-state index contributed by atoms with van der Waals surface area (Å²) >= 11 is 3.43. The Balaban J connectivity index is 2.19. The number of benzene rings is 1. The molecule has 27 heavy (non-hydrogen) atoms. The van der Waals surface area contributed by atoms with E-state index in [1.54, 1.807) is 11.0 Å². The highest BCUT2D eigenvalue weighted by molar-refractivity contribution is 9.10. The van der Waals surface area contributed by atoms with Gasteiger partial charge in [-0.15, -0.1) is 0 Å². The lowest BCUT2D eigenvalue weighted by Gasteiger charge is -2.34. The molecule has 1 aliphatic heterocycles. The number of nitrogens with one attached hydrogen (secondary N) is 1. The van der Waals surface area contributed by atoms with E-state index < -0.39 is 5.60 Å². The molecule has 1 atom stereocenters. The minimum Gasteiger partial charge on any atom is -0.444 e. The molecule has 1 fully saturated rings. The number of halogens is 1. The van der Waals surface area contributed by atoms with Gasteiger partial charge in [0.05, 0.1) is 4.92 Å². The highest BCUT2D eigenvalue weighted by Crippen LogP contribution is 2.36. The highest BCUT2D eigenvalue weighted by Gasteiger charge is 2.29. The zero-order valence-electron chi connectivity index (χ0n) is 16.5. The number of nitrogens with zero attached hydrogens (tertiary/aromatic N) is 2. The van der Waals surface area contributed by atoms with E-state index in [4.69, 9.17) is 4.74 Å². The fraction of sp³-hybridized carbons (Fsp3) is 0.632. The predicted octanol–water partition coefficient (Wildman–Crippen LogP) is 5.29. The van der Waals surface area contributed by atoms with Crippen molar-refractivity contribution in [3.8, 4) is 0 Å². The quantitative estimate of drug-likeness (QED) is 0.506. The zero-order valence-corrected chi connectivity index (χ0v) is 18.1. The number of nitro groups is 1. The maximum atomic E-state index is 12.3. The van der Waals surface area contributed by atoms with Crippen LogP contribution in [0, 0.1) is 10.1 Å². The first-order chi connectivity index (χ1) is 12.5. The number of carbonyl (C=O) groups excluding carboxylic acids is 1. The smallest absolute Gasteiger partial charge is 0.410 e. The van der Waals surface area contributed by atoms with Crippen LogP contribution >= 0.6 is 15.9 Å². The summed E-state index contributed by atoms with van der Waals surface area (Å²) in [5.74, 6) is 0.227. The molecule has 1 N–H and O–H groups in total. The van der Waals surface area contributed by atoms with Crippen molar-refractivity contribution < 1.29 is 14.5 Å². The molecule has 0 saturated carbocycles. The van der Waals surface area contributed by atoms with Gasteiger partial charge in [-0.25, -0.2) is 4.79 Å². The summed E-state index contributed by atoms with van der Waals surface area (Å²) in [6, 6.07) is 3.32. The minimum atomic E-state index is -0.548. The summed E-state index contributed by atoms with van der Waals surface area (Å²) in [6.45, 7) is 10.7. The molecular weight excluding hydrogens is 414 g/mol. The van der Waals surface area contributed by atoms with Gasteiger partial charge >= 0.3 is 6.09 Å². The monoisotopic (exact) mass is 441 g/mol. The van der Waals surface area contributed by atoms with Crippen LogP contribution < -0.4 is 5.32 Å². The van der Waals surface area contributed by atoms with E-state index >= 15 is 0 Å². The Kier molecular flexibility index (Phi) is 6.72. The first-order valence-electron chi connectivity index (χ1n) is 9.20. The molecule has 1 amide bonds. The topological polar surface area (TPSA) is 84.7 Å². The first kappa shape index (κ1) is 21.5. The Morgan fingerprint density at radius 2 is 2.07 bits per heavy atom. The number of anilines is 1. The van der Waals surface area contributed by atoms with Crippen molar-refractivity contribution in [2.24, 2.45) is 0 Å². The minimum absolute atomic E-state index is 0.0284. The van der Waals surface area contributed by atoms with E-state index in [0.29, 0.717) is 18.8 Å². The van der Waals surface area contributed by atoms with Crippen molar-refractivity contribution in [1.82, 2.24) is 4.90 Å². The summed E-state index contributed by atoms with van der Waals surface area (Å²) in [5.41, 5.74) is 0.972. The zero-order chi connectivity index (χ0) is 20.4. The van der Waals surface area contributed by atoms with Crippen LogP contribution in [0.1, 0.15) is 58.9 Å². The van der Waals surface area contributed by atoms with Gasteiger partial charge in [0.25, 0.3) is 5.69 Å². The molecule has 8 heteroatoms. The maximum Gasteiger partial charge on any atom is 0.410 e. The average molecular weight is 442 g/mol. The maximum absolute atomic E-state index is 12.3. The van der Waals surface area contributed by atoms with Crippen molar-refractivity contribution in [1.29, 1.82) is 0 Å². The Labute approximate surface area is 168 Å². The Bertz CT molecular complexity index is 716. The van der Waals surface area contributed by atoms with Crippen molar-refractivity contribution >= 4 is 33.4 Å². The fourth-order valence-electron chi connectivity index (χ4n) is 3.10. The number of hydrogen-bond donors (Lipinski definition) is 1. The van der Waals surface area contributed by atoms with Crippen LogP contribution in [0.3, 0.4) is 0 Å². The molecule has 0 bridgehead atoms. The molecule has 1 unspecified atom stereocenters. The first-order valence-corrected chi connectivity index (χ1v) is 9.99. The van der Waals surface area contributed by atoms with E-state index in [2.05, 4.69) is 21.2 Å². The fourth-order valence-corrected chi connectivity index (χ4v) is 3.88. The van der Waals surface area contributed by atoms with E-state index in [0.717, 1.165) is 22.9 Å². The van der Waals surface area contributed by atoms with Gasteiger partial charge in [0.2, 0.25) is 0 Å².